The van der Waals surface area contributed by atoms with E-state index < -0.39 is 12.1 Å². The number of benzene rings is 1. The van der Waals surface area contributed by atoms with E-state index in [-0.39, 0.29) is 17.9 Å². The van der Waals surface area contributed by atoms with Crippen LogP contribution in [0.3, 0.4) is 0 Å². The van der Waals surface area contributed by atoms with Crippen molar-refractivity contribution in [3.05, 3.63) is 23.3 Å². The number of carbonyl (C=O) groups is 1. The third kappa shape index (κ3) is 2.25. The molecular formula is C12H14O6. The summed E-state index contributed by atoms with van der Waals surface area (Å²) in [7, 11) is 1.49. The zero-order valence-corrected chi connectivity index (χ0v) is 9.88. The number of carboxylic acids is 1. The first kappa shape index (κ1) is 12.7. The summed E-state index contributed by atoms with van der Waals surface area (Å²) in [4.78, 5) is 11.0. The molecule has 6 heteroatoms. The molecule has 2 N–H and O–H groups in total. The third-order valence-electron chi connectivity index (χ3n) is 2.64. The van der Waals surface area contributed by atoms with Crippen LogP contribution in [0.4, 0.5) is 0 Å². The van der Waals surface area contributed by atoms with Gasteiger partial charge in [-0.1, -0.05) is 6.07 Å². The Morgan fingerprint density at radius 3 is 2.83 bits per heavy atom. The predicted molar refractivity (Wildman–Crippen MR) is 60.7 cm³/mol. The van der Waals surface area contributed by atoms with Crippen LogP contribution in [0.5, 0.6) is 11.5 Å². The summed E-state index contributed by atoms with van der Waals surface area (Å²) < 4.78 is 15.8. The average Bonchev–Trinajstić information content (AvgIpc) is 2.38. The van der Waals surface area contributed by atoms with Gasteiger partial charge in [0.05, 0.1) is 6.61 Å². The summed E-state index contributed by atoms with van der Waals surface area (Å²) in [6.45, 7) is 0.915. The molecule has 1 aromatic rings. The summed E-state index contributed by atoms with van der Waals surface area (Å²) in [5.41, 5.74) is 0.762. The number of methoxy groups -OCH3 is 1. The number of aliphatic hydroxyl groups excluding tert-OH is 1. The first-order valence-electron chi connectivity index (χ1n) is 5.46. The molecule has 2 rings (SSSR count). The number of fused-ring (bicyclic) bond motifs is 1. The van der Waals surface area contributed by atoms with Crippen molar-refractivity contribution in [1.29, 1.82) is 0 Å². The number of hydrogen-bond acceptors (Lipinski definition) is 5. The Bertz CT molecular complexity index is 456. The minimum Gasteiger partial charge on any atom is -0.486 e. The first-order valence-corrected chi connectivity index (χ1v) is 5.46. The molecule has 6 nitrogen and oxygen atoms in total. The Labute approximate surface area is 104 Å². The van der Waals surface area contributed by atoms with Crippen LogP contribution in [0.25, 0.3) is 0 Å². The van der Waals surface area contributed by atoms with Crippen molar-refractivity contribution in [3.8, 4) is 11.5 Å². The number of aliphatic hydroxyl groups is 1. The van der Waals surface area contributed by atoms with Gasteiger partial charge >= 0.3 is 5.97 Å². The molecule has 0 saturated heterocycles. The van der Waals surface area contributed by atoms with E-state index >= 15 is 0 Å². The monoisotopic (exact) mass is 254 g/mol. The smallest absolute Gasteiger partial charge is 0.337 e. The molecule has 0 amide bonds. The fourth-order valence-corrected chi connectivity index (χ4v) is 1.88. The van der Waals surface area contributed by atoms with Gasteiger partial charge in [0.15, 0.2) is 17.6 Å². The number of aliphatic carboxylic acids is 1. The summed E-state index contributed by atoms with van der Waals surface area (Å²) >= 11 is 0. The van der Waals surface area contributed by atoms with Crippen LogP contribution in [0.2, 0.25) is 0 Å². The van der Waals surface area contributed by atoms with E-state index in [1.165, 1.54) is 7.11 Å². The highest BCUT2D eigenvalue weighted by Gasteiger charge is 2.28. The Balaban J connectivity index is 2.52. The molecule has 1 aromatic carbocycles. The van der Waals surface area contributed by atoms with Crippen molar-refractivity contribution < 1.29 is 29.2 Å². The minimum atomic E-state index is -1.66. The van der Waals surface area contributed by atoms with Crippen LogP contribution in [-0.2, 0) is 16.1 Å². The maximum atomic E-state index is 11.0. The van der Waals surface area contributed by atoms with E-state index in [0.717, 1.165) is 0 Å². The van der Waals surface area contributed by atoms with Gasteiger partial charge in [-0.15, -0.1) is 0 Å². The lowest BCUT2D eigenvalue weighted by molar-refractivity contribution is -0.147. The molecule has 18 heavy (non-hydrogen) atoms. The van der Waals surface area contributed by atoms with Crippen molar-refractivity contribution in [2.24, 2.45) is 0 Å². The molecule has 0 radical (unpaired) electrons. The summed E-state index contributed by atoms with van der Waals surface area (Å²) in [6, 6.07) is 3.35. The van der Waals surface area contributed by atoms with Crippen molar-refractivity contribution in [2.75, 3.05) is 20.3 Å². The zero-order chi connectivity index (χ0) is 13.1. The Morgan fingerprint density at radius 2 is 2.17 bits per heavy atom. The molecule has 0 bridgehead atoms. The Morgan fingerprint density at radius 1 is 1.44 bits per heavy atom. The zero-order valence-electron chi connectivity index (χ0n) is 9.88. The molecule has 0 aromatic heterocycles. The second-order valence-corrected chi connectivity index (χ2v) is 3.84. The quantitative estimate of drug-likeness (QED) is 0.823. The van der Waals surface area contributed by atoms with E-state index in [4.69, 9.17) is 19.3 Å². The second-order valence-electron chi connectivity index (χ2n) is 3.84. The van der Waals surface area contributed by atoms with Gasteiger partial charge in [0.1, 0.15) is 13.2 Å². The minimum absolute atomic E-state index is 0.191. The number of hydrogen-bond donors (Lipinski definition) is 2. The van der Waals surface area contributed by atoms with E-state index in [2.05, 4.69) is 0 Å². The summed E-state index contributed by atoms with van der Waals surface area (Å²) in [6.07, 6.45) is -1.66. The number of rotatable bonds is 4. The van der Waals surface area contributed by atoms with Crippen LogP contribution in [0.1, 0.15) is 17.2 Å². The van der Waals surface area contributed by atoms with Gasteiger partial charge in [-0.2, -0.15) is 0 Å². The van der Waals surface area contributed by atoms with Gasteiger partial charge < -0.3 is 24.4 Å². The highest BCUT2D eigenvalue weighted by molar-refractivity contribution is 5.77. The molecule has 98 valence electrons. The van der Waals surface area contributed by atoms with Crippen LogP contribution < -0.4 is 9.47 Å². The third-order valence-corrected chi connectivity index (χ3v) is 2.64. The topological polar surface area (TPSA) is 85.2 Å². The summed E-state index contributed by atoms with van der Waals surface area (Å²) in [5, 5.41) is 18.7. The lowest BCUT2D eigenvalue weighted by Gasteiger charge is -2.24. The van der Waals surface area contributed by atoms with Gasteiger partial charge in [0.25, 0.3) is 0 Å². The lowest BCUT2D eigenvalue weighted by Crippen LogP contribution is -2.21. The Kier molecular flexibility index (Phi) is 3.69. The van der Waals surface area contributed by atoms with E-state index in [1.54, 1.807) is 12.1 Å². The van der Waals surface area contributed by atoms with Crippen molar-refractivity contribution in [3.63, 3.8) is 0 Å². The molecule has 1 aliphatic heterocycles. The van der Waals surface area contributed by atoms with E-state index in [1.807, 2.05) is 0 Å². The van der Waals surface area contributed by atoms with E-state index in [9.17, 15) is 9.90 Å². The average molecular weight is 254 g/mol. The molecule has 0 spiro atoms. The highest BCUT2D eigenvalue weighted by Crippen LogP contribution is 2.39. The SMILES string of the molecule is COCc1ccc2c(c1C(O)C(=O)O)OCCO2. The maximum absolute atomic E-state index is 11.0. The second kappa shape index (κ2) is 5.24. The molecule has 1 heterocycles. The van der Waals surface area contributed by atoms with Gasteiger partial charge in [-0.05, 0) is 11.6 Å². The fraction of sp³-hybridized carbons (Fsp3) is 0.417. The molecule has 1 aliphatic rings. The van der Waals surface area contributed by atoms with Crippen molar-refractivity contribution in [2.45, 2.75) is 12.7 Å². The number of ether oxygens (including phenoxy) is 3. The van der Waals surface area contributed by atoms with Crippen LogP contribution in [-0.4, -0.2) is 36.5 Å². The van der Waals surface area contributed by atoms with Crippen LogP contribution >= 0.6 is 0 Å². The molecule has 0 fully saturated rings. The standard InChI is InChI=1S/C12H14O6/c1-16-6-7-2-3-8-11(18-5-4-17-8)9(7)10(13)12(14)15/h2-3,10,13H,4-6H2,1H3,(H,14,15). The maximum Gasteiger partial charge on any atom is 0.337 e. The summed E-state index contributed by atoms with van der Waals surface area (Å²) in [5.74, 6) is -0.614. The molecule has 0 saturated carbocycles. The fourth-order valence-electron chi connectivity index (χ4n) is 1.88. The molecular weight excluding hydrogens is 240 g/mol. The molecule has 1 atom stereocenters. The van der Waals surface area contributed by atoms with Gasteiger partial charge in [-0.3, -0.25) is 0 Å². The van der Waals surface area contributed by atoms with Crippen molar-refractivity contribution >= 4 is 5.97 Å². The van der Waals surface area contributed by atoms with Crippen LogP contribution in [0.15, 0.2) is 12.1 Å². The molecule has 0 aliphatic carbocycles. The highest BCUT2D eigenvalue weighted by atomic mass is 16.6. The largest absolute Gasteiger partial charge is 0.486 e. The van der Waals surface area contributed by atoms with Gasteiger partial charge in [-0.25, -0.2) is 4.79 Å². The number of carboxylic acid groups (broad SMARTS) is 1. The van der Waals surface area contributed by atoms with Gasteiger partial charge in [0, 0.05) is 12.7 Å². The normalized spacial score (nSPS) is 15.2. The van der Waals surface area contributed by atoms with Crippen molar-refractivity contribution in [1.82, 2.24) is 0 Å². The Hall–Kier alpha value is -1.79. The predicted octanol–water partition coefficient (Wildman–Crippen LogP) is 0.722. The van der Waals surface area contributed by atoms with Crippen LogP contribution in [0, 0.1) is 0 Å². The lowest BCUT2D eigenvalue weighted by atomic mass is 10.0. The first-order chi connectivity index (χ1) is 8.65. The van der Waals surface area contributed by atoms with E-state index in [0.29, 0.717) is 24.5 Å². The van der Waals surface area contributed by atoms with Gasteiger partial charge in [0.2, 0.25) is 0 Å². The molecule has 1 unspecified atom stereocenters.